The molecule has 0 spiro atoms. The van der Waals surface area contributed by atoms with E-state index in [0.29, 0.717) is 11.3 Å². The van der Waals surface area contributed by atoms with Gasteiger partial charge in [0.15, 0.2) is 0 Å². The fourth-order valence-electron chi connectivity index (χ4n) is 3.45. The van der Waals surface area contributed by atoms with Crippen LogP contribution in [0.25, 0.3) is 0 Å². The zero-order valence-electron chi connectivity index (χ0n) is 11.9. The lowest BCUT2D eigenvalue weighted by Gasteiger charge is -2.39. The van der Waals surface area contributed by atoms with Crippen LogP contribution in [0, 0.1) is 11.3 Å². The number of piperazine rings is 1. The Bertz CT molecular complexity index is 506. The standard InChI is InChI=1S/C16H22N4/c17-12-13-11-15(5-6-16(13)18)20-9-7-19(8-10-20)14-3-1-2-4-14/h5-6,11,14H,1-4,7-10,18H2. The zero-order chi connectivity index (χ0) is 13.9. The molecule has 0 radical (unpaired) electrons. The maximum Gasteiger partial charge on any atom is 0.101 e. The average Bonchev–Trinajstić information content (AvgIpc) is 3.02. The van der Waals surface area contributed by atoms with Crippen LogP contribution < -0.4 is 10.6 Å². The predicted molar refractivity (Wildman–Crippen MR) is 81.6 cm³/mol. The summed E-state index contributed by atoms with van der Waals surface area (Å²) < 4.78 is 0. The number of nitrogens with two attached hydrogens (primary N) is 1. The molecule has 0 bridgehead atoms. The molecule has 4 nitrogen and oxygen atoms in total. The van der Waals surface area contributed by atoms with Crippen molar-refractivity contribution in [2.24, 2.45) is 0 Å². The minimum Gasteiger partial charge on any atom is -0.398 e. The quantitative estimate of drug-likeness (QED) is 0.837. The Balaban J connectivity index is 1.64. The summed E-state index contributed by atoms with van der Waals surface area (Å²) in [6.45, 7) is 4.37. The summed E-state index contributed by atoms with van der Waals surface area (Å²) in [7, 11) is 0. The molecule has 106 valence electrons. The van der Waals surface area contributed by atoms with Gasteiger partial charge in [0.25, 0.3) is 0 Å². The predicted octanol–water partition coefficient (Wildman–Crippen LogP) is 2.21. The average molecular weight is 270 g/mol. The zero-order valence-corrected chi connectivity index (χ0v) is 11.9. The smallest absolute Gasteiger partial charge is 0.101 e. The van der Waals surface area contributed by atoms with Gasteiger partial charge in [0.2, 0.25) is 0 Å². The number of nitrogens with zero attached hydrogens (tertiary/aromatic N) is 3. The molecule has 2 aliphatic rings. The van der Waals surface area contributed by atoms with Gasteiger partial charge in [-0.15, -0.1) is 0 Å². The van der Waals surface area contributed by atoms with E-state index in [2.05, 4.69) is 15.9 Å². The second kappa shape index (κ2) is 5.72. The summed E-state index contributed by atoms with van der Waals surface area (Å²) in [5.74, 6) is 0. The van der Waals surface area contributed by atoms with Crippen LogP contribution >= 0.6 is 0 Å². The number of nitriles is 1. The molecule has 0 aromatic heterocycles. The van der Waals surface area contributed by atoms with Crippen LogP contribution in [0.1, 0.15) is 31.2 Å². The van der Waals surface area contributed by atoms with Gasteiger partial charge in [0, 0.05) is 43.6 Å². The van der Waals surface area contributed by atoms with Crippen LogP contribution in [0.2, 0.25) is 0 Å². The van der Waals surface area contributed by atoms with Gasteiger partial charge in [-0.1, -0.05) is 12.8 Å². The number of anilines is 2. The van der Waals surface area contributed by atoms with Crippen molar-refractivity contribution in [3.8, 4) is 6.07 Å². The summed E-state index contributed by atoms with van der Waals surface area (Å²) in [4.78, 5) is 5.01. The summed E-state index contributed by atoms with van der Waals surface area (Å²) >= 11 is 0. The monoisotopic (exact) mass is 270 g/mol. The second-order valence-electron chi connectivity index (χ2n) is 5.84. The van der Waals surface area contributed by atoms with Gasteiger partial charge in [-0.2, -0.15) is 5.26 Å². The Morgan fingerprint density at radius 1 is 1.10 bits per heavy atom. The maximum absolute atomic E-state index is 9.07. The molecule has 3 rings (SSSR count). The van der Waals surface area contributed by atoms with E-state index in [0.717, 1.165) is 37.9 Å². The molecule has 1 saturated carbocycles. The molecule has 1 heterocycles. The third-order valence-electron chi connectivity index (χ3n) is 4.68. The van der Waals surface area contributed by atoms with Crippen LogP contribution in [0.5, 0.6) is 0 Å². The summed E-state index contributed by atoms with van der Waals surface area (Å²) in [6, 6.07) is 8.77. The largest absolute Gasteiger partial charge is 0.398 e. The maximum atomic E-state index is 9.07. The molecule has 4 heteroatoms. The third-order valence-corrected chi connectivity index (χ3v) is 4.68. The second-order valence-corrected chi connectivity index (χ2v) is 5.84. The van der Waals surface area contributed by atoms with Gasteiger partial charge < -0.3 is 10.6 Å². The highest BCUT2D eigenvalue weighted by Crippen LogP contribution is 2.26. The third kappa shape index (κ3) is 2.59. The fourth-order valence-corrected chi connectivity index (χ4v) is 3.45. The molecule has 0 unspecified atom stereocenters. The molecule has 1 aliphatic carbocycles. The molecule has 2 N–H and O–H groups in total. The highest BCUT2D eigenvalue weighted by molar-refractivity contribution is 5.62. The first kappa shape index (κ1) is 13.3. The van der Waals surface area contributed by atoms with Crippen molar-refractivity contribution in [1.29, 1.82) is 5.26 Å². The number of rotatable bonds is 2. The van der Waals surface area contributed by atoms with Crippen LogP contribution in [-0.4, -0.2) is 37.1 Å². The van der Waals surface area contributed by atoms with Crippen LogP contribution in [0.3, 0.4) is 0 Å². The van der Waals surface area contributed by atoms with E-state index in [4.69, 9.17) is 11.0 Å². The summed E-state index contributed by atoms with van der Waals surface area (Å²) in [5, 5.41) is 9.07. The molecule has 1 aromatic rings. The molecular formula is C16H22N4. The first-order valence-electron chi connectivity index (χ1n) is 7.56. The Morgan fingerprint density at radius 2 is 1.80 bits per heavy atom. The minimum absolute atomic E-state index is 0.570. The lowest BCUT2D eigenvalue weighted by atomic mass is 10.1. The van der Waals surface area contributed by atoms with Gasteiger partial charge in [0.1, 0.15) is 6.07 Å². The molecular weight excluding hydrogens is 248 g/mol. The molecule has 1 aromatic carbocycles. The van der Waals surface area contributed by atoms with Crippen molar-refractivity contribution in [1.82, 2.24) is 4.90 Å². The Labute approximate surface area is 120 Å². The van der Waals surface area contributed by atoms with E-state index in [9.17, 15) is 0 Å². The molecule has 20 heavy (non-hydrogen) atoms. The summed E-state index contributed by atoms with van der Waals surface area (Å²) in [5.41, 5.74) is 8.07. The van der Waals surface area contributed by atoms with Crippen LogP contribution in [-0.2, 0) is 0 Å². The number of hydrogen-bond donors (Lipinski definition) is 1. The Hall–Kier alpha value is -1.73. The van der Waals surface area contributed by atoms with E-state index in [1.54, 1.807) is 0 Å². The van der Waals surface area contributed by atoms with Gasteiger partial charge in [-0.05, 0) is 31.0 Å². The van der Waals surface area contributed by atoms with Crippen molar-refractivity contribution in [3.05, 3.63) is 23.8 Å². The molecule has 0 atom stereocenters. The molecule has 0 amide bonds. The number of benzene rings is 1. The van der Waals surface area contributed by atoms with Crippen molar-refractivity contribution in [3.63, 3.8) is 0 Å². The Morgan fingerprint density at radius 3 is 2.45 bits per heavy atom. The van der Waals surface area contributed by atoms with Crippen molar-refractivity contribution >= 4 is 11.4 Å². The number of nitrogen functional groups attached to an aromatic ring is 1. The molecule has 1 saturated heterocycles. The minimum atomic E-state index is 0.570. The topological polar surface area (TPSA) is 56.3 Å². The fraction of sp³-hybridized carbons (Fsp3) is 0.562. The van der Waals surface area contributed by atoms with Crippen molar-refractivity contribution in [2.75, 3.05) is 36.8 Å². The van der Waals surface area contributed by atoms with Crippen LogP contribution in [0.4, 0.5) is 11.4 Å². The van der Waals surface area contributed by atoms with E-state index in [1.165, 1.54) is 25.7 Å². The lowest BCUT2D eigenvalue weighted by molar-refractivity contribution is 0.187. The summed E-state index contributed by atoms with van der Waals surface area (Å²) in [6.07, 6.45) is 5.55. The first-order chi connectivity index (χ1) is 9.78. The van der Waals surface area contributed by atoms with E-state index < -0.39 is 0 Å². The SMILES string of the molecule is N#Cc1cc(N2CCN(C3CCCC3)CC2)ccc1N. The molecule has 2 fully saturated rings. The lowest BCUT2D eigenvalue weighted by Crippen LogP contribution is -2.49. The Kier molecular flexibility index (Phi) is 3.79. The highest BCUT2D eigenvalue weighted by Gasteiger charge is 2.26. The van der Waals surface area contributed by atoms with Crippen molar-refractivity contribution in [2.45, 2.75) is 31.7 Å². The van der Waals surface area contributed by atoms with Crippen LogP contribution in [0.15, 0.2) is 18.2 Å². The van der Waals surface area contributed by atoms with Crippen molar-refractivity contribution < 1.29 is 0 Å². The van der Waals surface area contributed by atoms with E-state index in [-0.39, 0.29) is 0 Å². The van der Waals surface area contributed by atoms with Gasteiger partial charge in [0.05, 0.1) is 5.56 Å². The number of hydrogen-bond acceptors (Lipinski definition) is 4. The van der Waals surface area contributed by atoms with E-state index >= 15 is 0 Å². The van der Waals surface area contributed by atoms with E-state index in [1.807, 2.05) is 18.2 Å². The van der Waals surface area contributed by atoms with Gasteiger partial charge in [-0.25, -0.2) is 0 Å². The highest BCUT2D eigenvalue weighted by atomic mass is 15.3. The van der Waals surface area contributed by atoms with Gasteiger partial charge >= 0.3 is 0 Å². The normalized spacial score (nSPS) is 21.1. The first-order valence-corrected chi connectivity index (χ1v) is 7.56. The molecule has 1 aliphatic heterocycles. The van der Waals surface area contributed by atoms with Gasteiger partial charge in [-0.3, -0.25) is 4.90 Å².